The van der Waals surface area contributed by atoms with Crippen molar-refractivity contribution in [2.45, 2.75) is 6.54 Å². The Morgan fingerprint density at radius 1 is 1.56 bits per heavy atom. The van der Waals surface area contributed by atoms with Crippen molar-refractivity contribution in [3.05, 3.63) is 30.1 Å². The smallest absolute Gasteiger partial charge is 0.118 e. The molecule has 0 saturated carbocycles. The Morgan fingerprint density at radius 3 is 3.00 bits per heavy atom. The fourth-order valence-corrected chi connectivity index (χ4v) is 0.728. The molecule has 0 amide bonds. The van der Waals surface area contributed by atoms with Gasteiger partial charge in [0.15, 0.2) is 0 Å². The standard InChI is InChI=1S/C7H10N2/c1-8-6-7-4-2-3-5-9-7/h2-5,8H,6H2,1H3/p+1. The number of nitrogens with two attached hydrogens (primary N) is 1. The fraction of sp³-hybridized carbons (Fsp3) is 0.286. The lowest BCUT2D eigenvalue weighted by Gasteiger charge is -1.92. The summed E-state index contributed by atoms with van der Waals surface area (Å²) in [5.74, 6) is 0. The molecule has 1 aromatic heterocycles. The summed E-state index contributed by atoms with van der Waals surface area (Å²) in [6.45, 7) is 0.973. The van der Waals surface area contributed by atoms with Crippen LogP contribution in [0.5, 0.6) is 0 Å². The van der Waals surface area contributed by atoms with Crippen LogP contribution in [0.1, 0.15) is 5.69 Å². The minimum absolute atomic E-state index is 0.973. The van der Waals surface area contributed by atoms with Crippen molar-refractivity contribution in [2.24, 2.45) is 0 Å². The first kappa shape index (κ1) is 6.23. The quantitative estimate of drug-likeness (QED) is 0.578. The van der Waals surface area contributed by atoms with Gasteiger partial charge in [0.2, 0.25) is 0 Å². The molecular formula is C7H11N2+. The summed E-state index contributed by atoms with van der Waals surface area (Å²) in [4.78, 5) is 4.14. The first-order valence-corrected chi connectivity index (χ1v) is 3.11. The van der Waals surface area contributed by atoms with E-state index in [1.165, 1.54) is 0 Å². The number of quaternary nitrogens is 1. The molecule has 0 aliphatic heterocycles. The lowest BCUT2D eigenvalue weighted by molar-refractivity contribution is -0.643. The molecule has 0 aliphatic carbocycles. The zero-order valence-electron chi connectivity index (χ0n) is 5.54. The van der Waals surface area contributed by atoms with Gasteiger partial charge in [-0.2, -0.15) is 0 Å². The molecule has 0 aliphatic rings. The molecular weight excluding hydrogens is 112 g/mol. The molecule has 0 spiro atoms. The fourth-order valence-electron chi connectivity index (χ4n) is 0.728. The Morgan fingerprint density at radius 2 is 2.44 bits per heavy atom. The maximum Gasteiger partial charge on any atom is 0.118 e. The van der Waals surface area contributed by atoms with Crippen molar-refractivity contribution in [3.63, 3.8) is 0 Å². The molecule has 0 fully saturated rings. The van der Waals surface area contributed by atoms with Crippen molar-refractivity contribution in [3.8, 4) is 0 Å². The first-order valence-electron chi connectivity index (χ1n) is 3.11. The van der Waals surface area contributed by atoms with Crippen LogP contribution >= 0.6 is 0 Å². The maximum absolute atomic E-state index is 4.14. The molecule has 0 saturated heterocycles. The van der Waals surface area contributed by atoms with Crippen LogP contribution in [0.25, 0.3) is 0 Å². The molecule has 1 rings (SSSR count). The van der Waals surface area contributed by atoms with Crippen molar-refractivity contribution in [2.75, 3.05) is 7.05 Å². The van der Waals surface area contributed by atoms with E-state index in [4.69, 9.17) is 0 Å². The van der Waals surface area contributed by atoms with E-state index < -0.39 is 0 Å². The van der Waals surface area contributed by atoms with E-state index in [1.807, 2.05) is 31.4 Å². The summed E-state index contributed by atoms with van der Waals surface area (Å²) >= 11 is 0. The zero-order valence-corrected chi connectivity index (χ0v) is 5.54. The number of nitrogens with zero attached hydrogens (tertiary/aromatic N) is 1. The van der Waals surface area contributed by atoms with Crippen LogP contribution < -0.4 is 5.32 Å². The summed E-state index contributed by atoms with van der Waals surface area (Å²) in [6, 6.07) is 5.96. The predicted molar refractivity (Wildman–Crippen MR) is 35.8 cm³/mol. The van der Waals surface area contributed by atoms with Gasteiger partial charge in [-0.25, -0.2) is 0 Å². The molecule has 0 atom stereocenters. The molecule has 2 N–H and O–H groups in total. The van der Waals surface area contributed by atoms with Crippen molar-refractivity contribution >= 4 is 0 Å². The van der Waals surface area contributed by atoms with Crippen LogP contribution in [-0.2, 0) is 6.54 Å². The summed E-state index contributed by atoms with van der Waals surface area (Å²) in [6.07, 6.45) is 1.82. The van der Waals surface area contributed by atoms with Crippen LogP contribution in [0.3, 0.4) is 0 Å². The molecule has 1 aromatic rings. The van der Waals surface area contributed by atoms with Crippen LogP contribution in [0.15, 0.2) is 24.4 Å². The molecule has 48 valence electrons. The molecule has 9 heavy (non-hydrogen) atoms. The Kier molecular flexibility index (Phi) is 2.22. The lowest BCUT2D eigenvalue weighted by Crippen LogP contribution is -2.77. The Balaban J connectivity index is 2.61. The highest BCUT2D eigenvalue weighted by Crippen LogP contribution is 1.87. The van der Waals surface area contributed by atoms with Gasteiger partial charge in [0.25, 0.3) is 0 Å². The Hall–Kier alpha value is -0.890. The van der Waals surface area contributed by atoms with Gasteiger partial charge >= 0.3 is 0 Å². The third-order valence-corrected chi connectivity index (χ3v) is 1.14. The SMILES string of the molecule is C[NH2+]Cc1ccccn1. The number of pyridine rings is 1. The van der Waals surface area contributed by atoms with E-state index in [9.17, 15) is 0 Å². The molecule has 0 radical (unpaired) electrons. The van der Waals surface area contributed by atoms with Crippen LogP contribution in [0.2, 0.25) is 0 Å². The average Bonchev–Trinajstić information content (AvgIpc) is 1.91. The third kappa shape index (κ3) is 1.82. The van der Waals surface area contributed by atoms with Crippen LogP contribution in [0.4, 0.5) is 0 Å². The average molecular weight is 123 g/mol. The van der Waals surface area contributed by atoms with Crippen LogP contribution in [0, 0.1) is 0 Å². The van der Waals surface area contributed by atoms with Gasteiger partial charge in [-0.05, 0) is 12.1 Å². The number of rotatable bonds is 2. The molecule has 2 heteroatoms. The third-order valence-electron chi connectivity index (χ3n) is 1.14. The highest BCUT2D eigenvalue weighted by molar-refractivity contribution is 5.01. The number of aromatic nitrogens is 1. The highest BCUT2D eigenvalue weighted by Gasteiger charge is 1.88. The second-order valence-corrected chi connectivity index (χ2v) is 1.93. The largest absolute Gasteiger partial charge is 0.344 e. The van der Waals surface area contributed by atoms with E-state index in [0.29, 0.717) is 0 Å². The minimum Gasteiger partial charge on any atom is -0.344 e. The molecule has 0 bridgehead atoms. The van der Waals surface area contributed by atoms with E-state index >= 15 is 0 Å². The highest BCUT2D eigenvalue weighted by atomic mass is 14.8. The van der Waals surface area contributed by atoms with Crippen LogP contribution in [-0.4, -0.2) is 12.0 Å². The van der Waals surface area contributed by atoms with Crippen molar-refractivity contribution in [1.29, 1.82) is 0 Å². The van der Waals surface area contributed by atoms with E-state index in [1.54, 1.807) is 0 Å². The Bertz CT molecular complexity index is 160. The van der Waals surface area contributed by atoms with Gasteiger partial charge < -0.3 is 5.32 Å². The van der Waals surface area contributed by atoms with Gasteiger partial charge in [0.05, 0.1) is 12.7 Å². The Labute approximate surface area is 54.9 Å². The normalized spacial score (nSPS) is 9.44. The van der Waals surface area contributed by atoms with E-state index in [2.05, 4.69) is 10.3 Å². The molecule has 2 nitrogen and oxygen atoms in total. The van der Waals surface area contributed by atoms with Gasteiger partial charge in [-0.15, -0.1) is 0 Å². The topological polar surface area (TPSA) is 29.5 Å². The summed E-state index contributed by atoms with van der Waals surface area (Å²) in [5, 5.41) is 2.10. The monoisotopic (exact) mass is 123 g/mol. The number of hydrogen-bond acceptors (Lipinski definition) is 1. The van der Waals surface area contributed by atoms with Gasteiger partial charge in [-0.3, -0.25) is 4.98 Å². The minimum atomic E-state index is 0.973. The van der Waals surface area contributed by atoms with Crippen molar-refractivity contribution in [1.82, 2.24) is 4.98 Å². The maximum atomic E-state index is 4.14. The summed E-state index contributed by atoms with van der Waals surface area (Å²) in [5.41, 5.74) is 1.14. The second kappa shape index (κ2) is 3.20. The summed E-state index contributed by atoms with van der Waals surface area (Å²) in [7, 11) is 2.04. The van der Waals surface area contributed by atoms with E-state index in [-0.39, 0.29) is 0 Å². The van der Waals surface area contributed by atoms with Gasteiger partial charge in [0, 0.05) is 6.20 Å². The molecule has 0 unspecified atom stereocenters. The first-order chi connectivity index (χ1) is 4.43. The number of hydrogen-bond donors (Lipinski definition) is 1. The summed E-state index contributed by atoms with van der Waals surface area (Å²) < 4.78 is 0. The van der Waals surface area contributed by atoms with Gasteiger partial charge in [0.1, 0.15) is 6.54 Å². The zero-order chi connectivity index (χ0) is 6.53. The van der Waals surface area contributed by atoms with E-state index in [0.717, 1.165) is 12.2 Å². The van der Waals surface area contributed by atoms with Crippen molar-refractivity contribution < 1.29 is 5.32 Å². The second-order valence-electron chi connectivity index (χ2n) is 1.93. The van der Waals surface area contributed by atoms with Gasteiger partial charge in [-0.1, -0.05) is 6.07 Å². The lowest BCUT2D eigenvalue weighted by atomic mass is 10.3. The molecule has 0 aromatic carbocycles. The molecule has 1 heterocycles. The predicted octanol–water partition coefficient (Wildman–Crippen LogP) is -0.225.